The first kappa shape index (κ1) is 17.5. The molecule has 1 saturated heterocycles. The molecule has 2 N–H and O–H groups in total. The minimum absolute atomic E-state index is 0.00866. The first-order chi connectivity index (χ1) is 12.7. The second kappa shape index (κ2) is 7.39. The van der Waals surface area contributed by atoms with Crippen LogP contribution in [0.4, 0.5) is 0 Å². The number of hydrogen-bond acceptors (Lipinski definition) is 3. The minimum Gasteiger partial charge on any atom is -0.364 e. The van der Waals surface area contributed by atoms with Gasteiger partial charge in [0.2, 0.25) is 0 Å². The van der Waals surface area contributed by atoms with Crippen LogP contribution in [0, 0.1) is 0 Å². The zero-order chi connectivity index (χ0) is 18.1. The number of fused-ring (bicyclic) bond motifs is 1. The summed E-state index contributed by atoms with van der Waals surface area (Å²) in [6, 6.07) is 16.2. The molecule has 2 aliphatic heterocycles. The van der Waals surface area contributed by atoms with Crippen molar-refractivity contribution < 1.29 is 9.53 Å². The highest BCUT2D eigenvalue weighted by molar-refractivity contribution is 6.30. The van der Waals surface area contributed by atoms with Crippen LogP contribution in [0.2, 0.25) is 5.02 Å². The molecule has 4 rings (SSSR count). The van der Waals surface area contributed by atoms with E-state index in [4.69, 9.17) is 22.1 Å². The predicted octanol–water partition coefficient (Wildman–Crippen LogP) is 3.47. The lowest BCUT2D eigenvalue weighted by Crippen LogP contribution is -2.44. The average molecular weight is 371 g/mol. The van der Waals surface area contributed by atoms with Crippen LogP contribution in [0.25, 0.3) is 0 Å². The van der Waals surface area contributed by atoms with Gasteiger partial charge in [0.05, 0.1) is 12.1 Å². The molecule has 1 fully saturated rings. The number of nitrogens with zero attached hydrogens (tertiary/aromatic N) is 1. The smallest absolute Gasteiger partial charge is 0.252 e. The Balaban J connectivity index is 1.66. The lowest BCUT2D eigenvalue weighted by Gasteiger charge is -2.38. The zero-order valence-corrected chi connectivity index (χ0v) is 15.4. The molecule has 0 radical (unpaired) electrons. The van der Waals surface area contributed by atoms with E-state index in [1.54, 1.807) is 0 Å². The van der Waals surface area contributed by atoms with Crippen LogP contribution in [0.1, 0.15) is 35.6 Å². The largest absolute Gasteiger partial charge is 0.364 e. The highest BCUT2D eigenvalue weighted by Crippen LogP contribution is 2.36. The molecule has 1 amide bonds. The molecule has 4 nitrogen and oxygen atoms in total. The molecule has 0 aromatic heterocycles. The second-order valence-corrected chi connectivity index (χ2v) is 7.51. The number of amides is 1. The van der Waals surface area contributed by atoms with Crippen LogP contribution in [0.5, 0.6) is 0 Å². The van der Waals surface area contributed by atoms with Gasteiger partial charge < -0.3 is 15.4 Å². The lowest BCUT2D eigenvalue weighted by atomic mass is 9.89. The van der Waals surface area contributed by atoms with Crippen LogP contribution in [-0.4, -0.2) is 29.6 Å². The van der Waals surface area contributed by atoms with E-state index < -0.39 is 6.10 Å². The average Bonchev–Trinajstić information content (AvgIpc) is 3.16. The summed E-state index contributed by atoms with van der Waals surface area (Å²) in [5, 5.41) is 0.703. The zero-order valence-electron chi connectivity index (χ0n) is 14.6. The Labute approximate surface area is 158 Å². The van der Waals surface area contributed by atoms with Gasteiger partial charge in [-0.3, -0.25) is 4.79 Å². The third-order valence-electron chi connectivity index (χ3n) is 5.41. The molecule has 1 unspecified atom stereocenters. The van der Waals surface area contributed by atoms with Crippen molar-refractivity contribution in [1.29, 1.82) is 0 Å². The van der Waals surface area contributed by atoms with E-state index in [2.05, 4.69) is 18.2 Å². The van der Waals surface area contributed by atoms with Crippen LogP contribution in [0.15, 0.2) is 48.5 Å². The molecule has 2 aromatic rings. The Morgan fingerprint density at radius 1 is 1.15 bits per heavy atom. The maximum atomic E-state index is 13.3. The monoisotopic (exact) mass is 370 g/mol. The Hall–Kier alpha value is -1.88. The summed E-state index contributed by atoms with van der Waals surface area (Å²) >= 11 is 6.18. The molecular weight excluding hydrogens is 348 g/mol. The Morgan fingerprint density at radius 2 is 1.96 bits per heavy atom. The molecule has 0 bridgehead atoms. The standard InChI is InChI=1S/C21H23ClN2O2/c22-17-7-6-15-11-19(14-4-2-1-3-5-14)24(13-16(15)10-17)21(25)20-9-8-18(12-23)26-20/h1-7,10,18-20H,8-9,11-13,23H2/t18-,19?,20+/m1/s1. The molecular formula is C21H23ClN2O2. The predicted molar refractivity (Wildman–Crippen MR) is 102 cm³/mol. The third kappa shape index (κ3) is 3.37. The molecule has 26 heavy (non-hydrogen) atoms. The first-order valence-corrected chi connectivity index (χ1v) is 9.51. The number of rotatable bonds is 3. The van der Waals surface area contributed by atoms with Gasteiger partial charge in [0.1, 0.15) is 6.10 Å². The third-order valence-corrected chi connectivity index (χ3v) is 5.65. The van der Waals surface area contributed by atoms with Gasteiger partial charge in [0.15, 0.2) is 0 Å². The molecule has 2 heterocycles. The van der Waals surface area contributed by atoms with Gasteiger partial charge in [-0.1, -0.05) is 48.0 Å². The summed E-state index contributed by atoms with van der Waals surface area (Å²) in [6.07, 6.45) is 1.97. The maximum Gasteiger partial charge on any atom is 0.252 e. The Kier molecular flexibility index (Phi) is 4.98. The molecule has 5 heteroatoms. The fourth-order valence-corrected chi connectivity index (χ4v) is 4.20. The van der Waals surface area contributed by atoms with Gasteiger partial charge in [0, 0.05) is 18.1 Å². The Bertz CT molecular complexity index is 796. The fraction of sp³-hybridized carbons (Fsp3) is 0.381. The summed E-state index contributed by atoms with van der Waals surface area (Å²) in [7, 11) is 0. The topological polar surface area (TPSA) is 55.6 Å². The second-order valence-electron chi connectivity index (χ2n) is 7.07. The van der Waals surface area contributed by atoms with Gasteiger partial charge in [0.25, 0.3) is 5.91 Å². The van der Waals surface area contributed by atoms with E-state index in [0.717, 1.165) is 30.4 Å². The number of carbonyl (C=O) groups excluding carboxylic acids is 1. The minimum atomic E-state index is -0.393. The number of ether oxygens (including phenoxy) is 1. The van der Waals surface area contributed by atoms with Gasteiger partial charge in [-0.15, -0.1) is 0 Å². The van der Waals surface area contributed by atoms with Crippen molar-refractivity contribution in [3.63, 3.8) is 0 Å². The summed E-state index contributed by atoms with van der Waals surface area (Å²) in [4.78, 5) is 15.2. The maximum absolute atomic E-state index is 13.3. The van der Waals surface area contributed by atoms with Crippen molar-refractivity contribution in [1.82, 2.24) is 4.90 Å². The van der Waals surface area contributed by atoms with Crippen LogP contribution in [-0.2, 0) is 22.5 Å². The molecule has 0 saturated carbocycles. The van der Waals surface area contributed by atoms with Crippen molar-refractivity contribution >= 4 is 17.5 Å². The fourth-order valence-electron chi connectivity index (χ4n) is 4.00. The number of carbonyl (C=O) groups is 1. The van der Waals surface area contributed by atoms with Gasteiger partial charge >= 0.3 is 0 Å². The van der Waals surface area contributed by atoms with E-state index in [0.29, 0.717) is 18.1 Å². The van der Waals surface area contributed by atoms with E-state index in [9.17, 15) is 4.79 Å². The van der Waals surface area contributed by atoms with Crippen molar-refractivity contribution in [2.24, 2.45) is 5.73 Å². The summed E-state index contributed by atoms with van der Waals surface area (Å²) in [5.74, 6) is 0.0560. The van der Waals surface area contributed by atoms with Crippen LogP contribution in [0.3, 0.4) is 0 Å². The van der Waals surface area contributed by atoms with Crippen molar-refractivity contribution in [3.8, 4) is 0 Å². The normalized spacial score (nSPS) is 25.2. The van der Waals surface area contributed by atoms with Crippen LogP contribution >= 0.6 is 11.6 Å². The van der Waals surface area contributed by atoms with E-state index in [1.807, 2.05) is 35.2 Å². The first-order valence-electron chi connectivity index (χ1n) is 9.14. The van der Waals surface area contributed by atoms with E-state index in [1.165, 1.54) is 5.56 Å². The molecule has 3 atom stereocenters. The van der Waals surface area contributed by atoms with Gasteiger partial charge in [-0.05, 0) is 48.1 Å². The van der Waals surface area contributed by atoms with Gasteiger partial charge in [-0.2, -0.15) is 0 Å². The molecule has 0 spiro atoms. The summed E-state index contributed by atoms with van der Waals surface area (Å²) in [6.45, 7) is 1.02. The van der Waals surface area contributed by atoms with Crippen molar-refractivity contribution in [3.05, 3.63) is 70.2 Å². The van der Waals surface area contributed by atoms with Gasteiger partial charge in [-0.25, -0.2) is 0 Å². The summed E-state index contributed by atoms with van der Waals surface area (Å²) < 4.78 is 5.88. The Morgan fingerprint density at radius 3 is 2.69 bits per heavy atom. The number of benzene rings is 2. The number of hydrogen-bond donors (Lipinski definition) is 1. The molecule has 136 valence electrons. The highest BCUT2D eigenvalue weighted by atomic mass is 35.5. The molecule has 0 aliphatic carbocycles. The lowest BCUT2D eigenvalue weighted by molar-refractivity contribution is -0.146. The number of halogens is 1. The van der Waals surface area contributed by atoms with E-state index in [-0.39, 0.29) is 18.1 Å². The quantitative estimate of drug-likeness (QED) is 0.900. The summed E-state index contributed by atoms with van der Waals surface area (Å²) in [5.41, 5.74) is 9.22. The molecule has 2 aromatic carbocycles. The van der Waals surface area contributed by atoms with Crippen LogP contribution < -0.4 is 5.73 Å². The SMILES string of the molecule is NC[C@H]1CC[C@@H](C(=O)N2Cc3cc(Cl)ccc3CC2c2ccccc2)O1. The van der Waals surface area contributed by atoms with E-state index >= 15 is 0 Å². The number of nitrogens with two attached hydrogens (primary N) is 1. The molecule has 2 aliphatic rings. The van der Waals surface area contributed by atoms with Crippen molar-refractivity contribution in [2.75, 3.05) is 6.54 Å². The van der Waals surface area contributed by atoms with Crippen molar-refractivity contribution in [2.45, 2.75) is 44.1 Å². The highest BCUT2D eigenvalue weighted by Gasteiger charge is 2.38.